The van der Waals surface area contributed by atoms with Gasteiger partial charge in [0.25, 0.3) is 0 Å². The number of aryl methyl sites for hydroxylation is 1. The van der Waals surface area contributed by atoms with Crippen LogP contribution in [-0.4, -0.2) is 11.5 Å². The Balaban J connectivity index is 2.18. The van der Waals surface area contributed by atoms with Crippen LogP contribution in [0, 0.1) is 6.92 Å². The van der Waals surface area contributed by atoms with E-state index in [1.54, 1.807) is 12.2 Å². The summed E-state index contributed by atoms with van der Waals surface area (Å²) in [6.07, 6.45) is 6.77. The third-order valence-electron chi connectivity index (χ3n) is 4.02. The van der Waals surface area contributed by atoms with E-state index in [0.29, 0.717) is 22.7 Å². The van der Waals surface area contributed by atoms with Crippen molar-refractivity contribution in [2.75, 3.05) is 0 Å². The highest BCUT2D eigenvalue weighted by atomic mass is 19.1. The van der Waals surface area contributed by atoms with Gasteiger partial charge in [-0.2, -0.15) is 0 Å². The Labute approximate surface area is 136 Å². The molecule has 1 aromatic rings. The molecule has 0 saturated heterocycles. The van der Waals surface area contributed by atoms with Crippen molar-refractivity contribution in [3.05, 3.63) is 82.9 Å². The van der Waals surface area contributed by atoms with E-state index in [-0.39, 0.29) is 5.83 Å². The summed E-state index contributed by atoms with van der Waals surface area (Å²) in [5.41, 5.74) is 4.89. The standard InChI is InChI=1S/C20H19FN2/c1-4-15(17-11-7-8-12-18(17)21)19-20(23-14(3)22-19)16-10-6-5-9-13(16)2/h4-6,9-12H,1,7-8H2,2-3H3/b19-15-. The van der Waals surface area contributed by atoms with Crippen LogP contribution in [-0.2, 0) is 0 Å². The molecular weight excluding hydrogens is 287 g/mol. The van der Waals surface area contributed by atoms with Gasteiger partial charge in [0, 0.05) is 16.7 Å². The lowest BCUT2D eigenvalue weighted by molar-refractivity contribution is 0.639. The minimum atomic E-state index is -0.206. The van der Waals surface area contributed by atoms with E-state index in [9.17, 15) is 4.39 Å². The Morgan fingerprint density at radius 3 is 2.57 bits per heavy atom. The number of amidine groups is 1. The fourth-order valence-electron chi connectivity index (χ4n) is 2.89. The highest BCUT2D eigenvalue weighted by Crippen LogP contribution is 2.32. The first kappa shape index (κ1) is 15.3. The first-order valence-electron chi connectivity index (χ1n) is 7.75. The zero-order valence-electron chi connectivity index (χ0n) is 13.4. The van der Waals surface area contributed by atoms with Gasteiger partial charge >= 0.3 is 0 Å². The maximum Gasteiger partial charge on any atom is 0.126 e. The van der Waals surface area contributed by atoms with Gasteiger partial charge in [0.15, 0.2) is 0 Å². The van der Waals surface area contributed by atoms with Gasteiger partial charge in [-0.25, -0.2) is 14.4 Å². The highest BCUT2D eigenvalue weighted by Gasteiger charge is 2.24. The van der Waals surface area contributed by atoms with Crippen LogP contribution in [0.4, 0.5) is 4.39 Å². The predicted octanol–water partition coefficient (Wildman–Crippen LogP) is 5.23. The van der Waals surface area contributed by atoms with Crippen molar-refractivity contribution >= 4 is 11.5 Å². The molecule has 1 aromatic carbocycles. The fourth-order valence-corrected chi connectivity index (χ4v) is 2.89. The normalized spacial score (nSPS) is 19.6. The summed E-state index contributed by atoms with van der Waals surface area (Å²) in [6, 6.07) is 8.03. The summed E-state index contributed by atoms with van der Waals surface area (Å²) in [7, 11) is 0. The Bertz CT molecular complexity index is 820. The summed E-state index contributed by atoms with van der Waals surface area (Å²) in [5, 5.41) is 0. The van der Waals surface area contributed by atoms with Crippen molar-refractivity contribution < 1.29 is 4.39 Å². The summed E-state index contributed by atoms with van der Waals surface area (Å²) in [6.45, 7) is 7.77. The van der Waals surface area contributed by atoms with Crippen LogP contribution < -0.4 is 0 Å². The van der Waals surface area contributed by atoms with Gasteiger partial charge in [0.05, 0.1) is 11.4 Å². The van der Waals surface area contributed by atoms with Gasteiger partial charge in [-0.3, -0.25) is 0 Å². The number of halogens is 1. The Morgan fingerprint density at radius 2 is 1.87 bits per heavy atom. The lowest BCUT2D eigenvalue weighted by Crippen LogP contribution is -2.07. The lowest BCUT2D eigenvalue weighted by atomic mass is 9.93. The fraction of sp³-hybridized carbons (Fsp3) is 0.200. The maximum absolute atomic E-state index is 14.3. The number of aliphatic imine (C=N–C) groups is 2. The topological polar surface area (TPSA) is 24.7 Å². The minimum Gasteiger partial charge on any atom is -0.231 e. The summed E-state index contributed by atoms with van der Waals surface area (Å²) in [5.74, 6) is 0.473. The van der Waals surface area contributed by atoms with E-state index < -0.39 is 0 Å². The lowest BCUT2D eigenvalue weighted by Gasteiger charge is -2.14. The average molecular weight is 306 g/mol. The number of hydrogen-bond acceptors (Lipinski definition) is 2. The maximum atomic E-state index is 14.3. The van der Waals surface area contributed by atoms with Crippen LogP contribution in [0.2, 0.25) is 0 Å². The van der Waals surface area contributed by atoms with Gasteiger partial charge in [-0.15, -0.1) is 0 Å². The number of hydrogen-bond donors (Lipinski definition) is 0. The molecule has 0 unspecified atom stereocenters. The van der Waals surface area contributed by atoms with Crippen LogP contribution in [0.25, 0.3) is 0 Å². The predicted molar refractivity (Wildman–Crippen MR) is 94.6 cm³/mol. The second-order valence-electron chi connectivity index (χ2n) is 5.65. The van der Waals surface area contributed by atoms with Gasteiger partial charge in [0.1, 0.15) is 11.7 Å². The molecule has 3 rings (SSSR count). The SMILES string of the molecule is C=C/C(C1=CCCC=C1F)=C1/N=C(C)N=C1c1ccccc1C. The van der Waals surface area contributed by atoms with Crippen LogP contribution >= 0.6 is 0 Å². The molecular formula is C20H19FN2. The van der Waals surface area contributed by atoms with E-state index in [1.165, 1.54) is 0 Å². The van der Waals surface area contributed by atoms with Gasteiger partial charge < -0.3 is 0 Å². The van der Waals surface area contributed by atoms with E-state index in [0.717, 1.165) is 29.7 Å². The molecule has 0 fully saturated rings. The zero-order chi connectivity index (χ0) is 16.4. The zero-order valence-corrected chi connectivity index (χ0v) is 13.4. The highest BCUT2D eigenvalue weighted by molar-refractivity contribution is 6.22. The smallest absolute Gasteiger partial charge is 0.126 e. The summed E-state index contributed by atoms with van der Waals surface area (Å²) in [4.78, 5) is 9.14. The van der Waals surface area contributed by atoms with Crippen LogP contribution in [0.5, 0.6) is 0 Å². The Hall–Kier alpha value is -2.55. The number of rotatable bonds is 3. The quantitative estimate of drug-likeness (QED) is 0.730. The minimum absolute atomic E-state index is 0.206. The average Bonchev–Trinajstić information content (AvgIpc) is 2.92. The molecule has 3 heteroatoms. The largest absolute Gasteiger partial charge is 0.231 e. The molecule has 0 radical (unpaired) electrons. The molecule has 1 aliphatic heterocycles. The molecule has 0 bridgehead atoms. The molecule has 0 spiro atoms. The Kier molecular flexibility index (Phi) is 4.20. The second kappa shape index (κ2) is 6.29. The molecule has 0 saturated carbocycles. The molecule has 1 aliphatic carbocycles. The molecule has 2 aliphatic rings. The molecule has 1 heterocycles. The molecule has 2 nitrogen and oxygen atoms in total. The molecule has 0 aromatic heterocycles. The van der Waals surface area contributed by atoms with E-state index in [1.807, 2.05) is 44.2 Å². The van der Waals surface area contributed by atoms with Crippen LogP contribution in [0.1, 0.15) is 30.9 Å². The van der Waals surface area contributed by atoms with E-state index in [4.69, 9.17) is 0 Å². The second-order valence-corrected chi connectivity index (χ2v) is 5.65. The number of allylic oxidation sites excluding steroid dienone is 7. The molecule has 0 amide bonds. The molecule has 0 atom stereocenters. The summed E-state index contributed by atoms with van der Waals surface area (Å²) < 4.78 is 14.3. The molecule has 0 N–H and O–H groups in total. The third kappa shape index (κ3) is 2.87. The summed E-state index contributed by atoms with van der Waals surface area (Å²) >= 11 is 0. The monoisotopic (exact) mass is 306 g/mol. The van der Waals surface area contributed by atoms with Crippen molar-refractivity contribution in [2.24, 2.45) is 9.98 Å². The van der Waals surface area contributed by atoms with E-state index >= 15 is 0 Å². The molecule has 116 valence electrons. The van der Waals surface area contributed by atoms with Crippen molar-refractivity contribution in [1.82, 2.24) is 0 Å². The van der Waals surface area contributed by atoms with Crippen molar-refractivity contribution in [1.29, 1.82) is 0 Å². The van der Waals surface area contributed by atoms with Gasteiger partial charge in [0.2, 0.25) is 0 Å². The van der Waals surface area contributed by atoms with Crippen molar-refractivity contribution in [2.45, 2.75) is 26.7 Å². The number of benzene rings is 1. The van der Waals surface area contributed by atoms with Crippen molar-refractivity contribution in [3.63, 3.8) is 0 Å². The van der Waals surface area contributed by atoms with Gasteiger partial charge in [-0.05, 0) is 38.3 Å². The third-order valence-corrected chi connectivity index (χ3v) is 4.02. The molecule has 23 heavy (non-hydrogen) atoms. The first-order chi connectivity index (χ1) is 11.1. The van der Waals surface area contributed by atoms with Crippen LogP contribution in [0.3, 0.4) is 0 Å². The van der Waals surface area contributed by atoms with E-state index in [2.05, 4.69) is 16.6 Å². The first-order valence-corrected chi connectivity index (χ1v) is 7.75. The van der Waals surface area contributed by atoms with Crippen molar-refractivity contribution in [3.8, 4) is 0 Å². The van der Waals surface area contributed by atoms with Gasteiger partial charge in [-0.1, -0.05) is 43.0 Å². The number of nitrogens with zero attached hydrogens (tertiary/aromatic N) is 2. The Morgan fingerprint density at radius 1 is 1.13 bits per heavy atom. The van der Waals surface area contributed by atoms with Crippen LogP contribution in [0.15, 0.2) is 81.7 Å².